The number of anilines is 1. The van der Waals surface area contributed by atoms with Crippen molar-refractivity contribution in [1.29, 1.82) is 0 Å². The first-order valence-corrected chi connectivity index (χ1v) is 7.36. The molecule has 0 bridgehead atoms. The molecular formula is C15H23N3O. The molecule has 2 heterocycles. The maximum atomic E-state index is 6.09. The summed E-state index contributed by atoms with van der Waals surface area (Å²) in [5.74, 6) is 1.07. The lowest BCUT2D eigenvalue weighted by molar-refractivity contribution is -0.00907. The van der Waals surface area contributed by atoms with E-state index in [0.717, 1.165) is 24.5 Å². The summed E-state index contributed by atoms with van der Waals surface area (Å²) in [6.45, 7) is 3.76. The van der Waals surface area contributed by atoms with E-state index >= 15 is 0 Å². The Morgan fingerprint density at radius 1 is 1.42 bits per heavy atom. The van der Waals surface area contributed by atoms with E-state index in [2.05, 4.69) is 16.0 Å². The summed E-state index contributed by atoms with van der Waals surface area (Å²) in [7, 11) is 0. The van der Waals surface area contributed by atoms with Gasteiger partial charge in [0.05, 0.1) is 18.8 Å². The van der Waals surface area contributed by atoms with Gasteiger partial charge in [-0.25, -0.2) is 4.98 Å². The Labute approximate surface area is 115 Å². The van der Waals surface area contributed by atoms with Gasteiger partial charge in [0.1, 0.15) is 5.82 Å². The van der Waals surface area contributed by atoms with Crippen molar-refractivity contribution in [3.8, 4) is 0 Å². The van der Waals surface area contributed by atoms with Crippen molar-refractivity contribution in [3.63, 3.8) is 0 Å². The molecule has 3 unspecified atom stereocenters. The largest absolute Gasteiger partial charge is 0.374 e. The number of fused-ring (bicyclic) bond motifs is 1. The van der Waals surface area contributed by atoms with Gasteiger partial charge in [-0.2, -0.15) is 0 Å². The van der Waals surface area contributed by atoms with Gasteiger partial charge in [-0.05, 0) is 25.8 Å². The summed E-state index contributed by atoms with van der Waals surface area (Å²) in [5.41, 5.74) is 7.24. The lowest BCUT2D eigenvalue weighted by Gasteiger charge is -2.45. The van der Waals surface area contributed by atoms with Crippen molar-refractivity contribution in [2.45, 2.75) is 50.8 Å². The third kappa shape index (κ3) is 2.47. The van der Waals surface area contributed by atoms with Crippen LogP contribution in [0.3, 0.4) is 0 Å². The van der Waals surface area contributed by atoms with Crippen LogP contribution in [-0.4, -0.2) is 30.3 Å². The van der Waals surface area contributed by atoms with E-state index in [0.29, 0.717) is 12.1 Å². The molecule has 0 radical (unpaired) electrons. The molecule has 1 saturated carbocycles. The van der Waals surface area contributed by atoms with Crippen LogP contribution in [0.15, 0.2) is 18.3 Å². The van der Waals surface area contributed by atoms with Crippen LogP contribution in [0, 0.1) is 0 Å². The van der Waals surface area contributed by atoms with Crippen molar-refractivity contribution in [3.05, 3.63) is 23.9 Å². The second kappa shape index (κ2) is 5.47. The average Bonchev–Trinajstić information content (AvgIpc) is 2.46. The van der Waals surface area contributed by atoms with Crippen molar-refractivity contribution in [1.82, 2.24) is 4.98 Å². The normalized spacial score (nSPS) is 28.8. The Morgan fingerprint density at radius 2 is 2.26 bits per heavy atom. The molecule has 0 amide bonds. The summed E-state index contributed by atoms with van der Waals surface area (Å²) < 4.78 is 5.93. The maximum absolute atomic E-state index is 6.09. The number of nitrogens with two attached hydrogens (primary N) is 1. The van der Waals surface area contributed by atoms with Gasteiger partial charge in [-0.15, -0.1) is 0 Å². The first kappa shape index (κ1) is 12.9. The van der Waals surface area contributed by atoms with Crippen LogP contribution in [-0.2, 0) is 4.74 Å². The molecule has 1 aliphatic carbocycles. The first-order valence-electron chi connectivity index (χ1n) is 7.36. The summed E-state index contributed by atoms with van der Waals surface area (Å²) in [4.78, 5) is 7.04. The third-order valence-corrected chi connectivity index (χ3v) is 4.31. The van der Waals surface area contributed by atoms with Crippen LogP contribution in [0.4, 0.5) is 5.82 Å². The molecule has 104 valence electrons. The zero-order valence-electron chi connectivity index (χ0n) is 11.6. The Bertz CT molecular complexity index is 433. The number of nitrogens with zero attached hydrogens (tertiary/aromatic N) is 2. The molecule has 1 aromatic rings. The highest BCUT2D eigenvalue weighted by atomic mass is 16.5. The highest BCUT2D eigenvalue weighted by Gasteiger charge is 2.35. The van der Waals surface area contributed by atoms with E-state index in [-0.39, 0.29) is 6.04 Å². The Hall–Kier alpha value is -1.13. The van der Waals surface area contributed by atoms with Crippen molar-refractivity contribution < 1.29 is 4.74 Å². The standard InChI is InChI=1S/C15H23N3O/c1-11(16)12-5-4-8-17-15(12)18-9-10-19-14-7-3-2-6-13(14)18/h4-5,8,11,13-14H,2-3,6-7,9-10,16H2,1H3. The number of aromatic nitrogens is 1. The Kier molecular flexibility index (Phi) is 3.71. The van der Waals surface area contributed by atoms with Gasteiger partial charge < -0.3 is 15.4 Å². The fourth-order valence-electron chi connectivity index (χ4n) is 3.36. The second-order valence-electron chi connectivity index (χ2n) is 5.66. The fourth-order valence-corrected chi connectivity index (χ4v) is 3.36. The van der Waals surface area contributed by atoms with Crippen LogP contribution in [0.25, 0.3) is 0 Å². The minimum Gasteiger partial charge on any atom is -0.374 e. The van der Waals surface area contributed by atoms with Gasteiger partial charge >= 0.3 is 0 Å². The first-order chi connectivity index (χ1) is 9.27. The molecule has 3 rings (SSSR count). The summed E-state index contributed by atoms with van der Waals surface area (Å²) in [6.07, 6.45) is 7.22. The second-order valence-corrected chi connectivity index (χ2v) is 5.66. The van der Waals surface area contributed by atoms with Gasteiger partial charge in [0.25, 0.3) is 0 Å². The maximum Gasteiger partial charge on any atom is 0.133 e. The molecule has 0 aromatic carbocycles. The fraction of sp³-hybridized carbons (Fsp3) is 0.667. The molecule has 1 saturated heterocycles. The van der Waals surface area contributed by atoms with E-state index < -0.39 is 0 Å². The molecule has 2 N–H and O–H groups in total. The van der Waals surface area contributed by atoms with Gasteiger partial charge in [-0.3, -0.25) is 0 Å². The van der Waals surface area contributed by atoms with E-state index in [9.17, 15) is 0 Å². The lowest BCUT2D eigenvalue weighted by atomic mass is 9.89. The van der Waals surface area contributed by atoms with E-state index in [4.69, 9.17) is 10.5 Å². The molecule has 0 spiro atoms. The third-order valence-electron chi connectivity index (χ3n) is 4.31. The molecule has 2 fully saturated rings. The van der Waals surface area contributed by atoms with Gasteiger partial charge in [0, 0.05) is 24.3 Å². The van der Waals surface area contributed by atoms with E-state index in [1.165, 1.54) is 25.7 Å². The minimum atomic E-state index is 0.0218. The number of rotatable bonds is 2. The van der Waals surface area contributed by atoms with E-state index in [1.54, 1.807) is 0 Å². The zero-order chi connectivity index (χ0) is 13.2. The average molecular weight is 261 g/mol. The Balaban J connectivity index is 1.91. The molecule has 1 aromatic heterocycles. The quantitative estimate of drug-likeness (QED) is 0.887. The van der Waals surface area contributed by atoms with Crippen LogP contribution in [0.5, 0.6) is 0 Å². The molecule has 19 heavy (non-hydrogen) atoms. The van der Waals surface area contributed by atoms with Crippen molar-refractivity contribution in [2.24, 2.45) is 5.73 Å². The van der Waals surface area contributed by atoms with Crippen LogP contribution < -0.4 is 10.6 Å². The zero-order valence-corrected chi connectivity index (χ0v) is 11.6. The van der Waals surface area contributed by atoms with Gasteiger partial charge in [0.2, 0.25) is 0 Å². The van der Waals surface area contributed by atoms with Crippen LogP contribution in [0.2, 0.25) is 0 Å². The van der Waals surface area contributed by atoms with E-state index in [1.807, 2.05) is 19.2 Å². The van der Waals surface area contributed by atoms with Crippen LogP contribution >= 0.6 is 0 Å². The molecule has 4 heteroatoms. The van der Waals surface area contributed by atoms with Crippen molar-refractivity contribution in [2.75, 3.05) is 18.1 Å². The number of hydrogen-bond donors (Lipinski definition) is 1. The molecular weight excluding hydrogens is 238 g/mol. The summed E-state index contributed by atoms with van der Waals surface area (Å²) in [6, 6.07) is 4.57. The monoisotopic (exact) mass is 261 g/mol. The SMILES string of the molecule is CC(N)c1cccnc1N1CCOC2CCCCC21. The molecule has 1 aliphatic heterocycles. The highest BCUT2D eigenvalue weighted by Crippen LogP contribution is 2.33. The van der Waals surface area contributed by atoms with Gasteiger partial charge in [-0.1, -0.05) is 18.9 Å². The number of pyridine rings is 1. The van der Waals surface area contributed by atoms with Crippen molar-refractivity contribution >= 4 is 5.82 Å². The summed E-state index contributed by atoms with van der Waals surface area (Å²) in [5, 5.41) is 0. The topological polar surface area (TPSA) is 51.4 Å². The summed E-state index contributed by atoms with van der Waals surface area (Å²) >= 11 is 0. The number of ether oxygens (including phenoxy) is 1. The highest BCUT2D eigenvalue weighted by molar-refractivity contribution is 5.50. The van der Waals surface area contributed by atoms with Crippen LogP contribution in [0.1, 0.15) is 44.2 Å². The number of morpholine rings is 1. The number of hydrogen-bond acceptors (Lipinski definition) is 4. The molecule has 2 aliphatic rings. The van der Waals surface area contributed by atoms with Gasteiger partial charge in [0.15, 0.2) is 0 Å². The lowest BCUT2D eigenvalue weighted by Crippen LogP contribution is -2.53. The minimum absolute atomic E-state index is 0.0218. The predicted octanol–water partition coefficient (Wildman–Crippen LogP) is 2.25. The molecule has 4 nitrogen and oxygen atoms in total. The smallest absolute Gasteiger partial charge is 0.133 e. The molecule has 3 atom stereocenters. The predicted molar refractivity (Wildman–Crippen MR) is 76.2 cm³/mol. The Morgan fingerprint density at radius 3 is 3.11 bits per heavy atom.